The maximum absolute atomic E-state index is 13.0. The fraction of sp³-hybridized carbons (Fsp3) is 0.364. The zero-order valence-electron chi connectivity index (χ0n) is 16.8. The van der Waals surface area contributed by atoms with Crippen LogP contribution in [0.1, 0.15) is 24.0 Å². The van der Waals surface area contributed by atoms with Gasteiger partial charge in [-0.3, -0.25) is 4.79 Å². The molecule has 2 aromatic rings. The van der Waals surface area contributed by atoms with Gasteiger partial charge in [-0.2, -0.15) is 9.57 Å². The normalized spacial score (nSPS) is 17.0. The molecule has 1 fully saturated rings. The molecule has 0 radical (unpaired) electrons. The third kappa shape index (κ3) is 4.65. The summed E-state index contributed by atoms with van der Waals surface area (Å²) >= 11 is 0. The summed E-state index contributed by atoms with van der Waals surface area (Å²) in [4.78, 5) is 12.6. The molecular formula is C22H22N2O6S. The topological polar surface area (TPSA) is 106 Å². The molecule has 2 aliphatic rings. The summed E-state index contributed by atoms with van der Waals surface area (Å²) in [6, 6.07) is 13.5. The summed E-state index contributed by atoms with van der Waals surface area (Å²) in [6.45, 7) is 1.43. The van der Waals surface area contributed by atoms with Crippen molar-refractivity contribution < 1.29 is 27.4 Å². The number of carbonyl (C=O) groups excluding carboxylic acids is 1. The highest BCUT2D eigenvalue weighted by atomic mass is 32.2. The van der Waals surface area contributed by atoms with E-state index in [1.165, 1.54) is 16.4 Å². The molecule has 0 aliphatic carbocycles. The Morgan fingerprint density at radius 2 is 1.74 bits per heavy atom. The van der Waals surface area contributed by atoms with Gasteiger partial charge in [-0.25, -0.2) is 8.42 Å². The summed E-state index contributed by atoms with van der Waals surface area (Å²) in [7, 11) is -3.69. The fourth-order valence-electron chi connectivity index (χ4n) is 3.61. The number of hydrogen-bond acceptors (Lipinski definition) is 7. The van der Waals surface area contributed by atoms with Gasteiger partial charge in [-0.1, -0.05) is 12.1 Å². The van der Waals surface area contributed by atoms with Crippen LogP contribution in [0, 0.1) is 17.2 Å². The van der Waals surface area contributed by atoms with E-state index in [4.69, 9.17) is 19.5 Å². The van der Waals surface area contributed by atoms with E-state index in [0.29, 0.717) is 43.1 Å². The van der Waals surface area contributed by atoms with Gasteiger partial charge < -0.3 is 14.2 Å². The van der Waals surface area contributed by atoms with Crippen molar-refractivity contribution in [2.45, 2.75) is 24.3 Å². The molecule has 2 aromatic carbocycles. The number of nitrogens with zero attached hydrogens (tertiary/aromatic N) is 2. The summed E-state index contributed by atoms with van der Waals surface area (Å²) in [5, 5.41) is 8.83. The lowest BCUT2D eigenvalue weighted by Gasteiger charge is -2.30. The first-order chi connectivity index (χ1) is 15.0. The van der Waals surface area contributed by atoms with Crippen LogP contribution in [0.3, 0.4) is 0 Å². The van der Waals surface area contributed by atoms with Crippen molar-refractivity contribution in [2.24, 2.45) is 5.92 Å². The van der Waals surface area contributed by atoms with Gasteiger partial charge in [0.05, 0.1) is 22.4 Å². The van der Waals surface area contributed by atoms with E-state index in [0.717, 1.165) is 5.56 Å². The number of esters is 1. The number of hydrogen-bond donors (Lipinski definition) is 0. The number of benzene rings is 2. The van der Waals surface area contributed by atoms with Crippen LogP contribution in [0.4, 0.5) is 0 Å². The molecule has 4 rings (SSSR count). The van der Waals surface area contributed by atoms with Crippen LogP contribution in [-0.2, 0) is 26.2 Å². The Hall–Kier alpha value is -3.09. The van der Waals surface area contributed by atoms with Gasteiger partial charge in [0.15, 0.2) is 11.5 Å². The van der Waals surface area contributed by atoms with E-state index in [2.05, 4.69) is 0 Å². The van der Waals surface area contributed by atoms with Crippen molar-refractivity contribution in [2.75, 3.05) is 26.3 Å². The van der Waals surface area contributed by atoms with Crippen molar-refractivity contribution in [1.29, 1.82) is 5.26 Å². The van der Waals surface area contributed by atoms with Crippen molar-refractivity contribution in [1.82, 2.24) is 4.31 Å². The van der Waals surface area contributed by atoms with Crippen LogP contribution >= 0.6 is 0 Å². The molecule has 0 atom stereocenters. The second-order valence-corrected chi connectivity index (χ2v) is 9.34. The molecule has 0 amide bonds. The van der Waals surface area contributed by atoms with Crippen molar-refractivity contribution in [3.05, 3.63) is 53.6 Å². The Labute approximate surface area is 181 Å². The Bertz CT molecular complexity index is 1100. The maximum Gasteiger partial charge on any atom is 0.309 e. The van der Waals surface area contributed by atoms with E-state index in [9.17, 15) is 13.2 Å². The molecule has 0 N–H and O–H groups in total. The first-order valence-electron chi connectivity index (χ1n) is 10.0. The van der Waals surface area contributed by atoms with E-state index in [1.807, 2.05) is 6.07 Å². The summed E-state index contributed by atoms with van der Waals surface area (Å²) in [5.74, 6) is 0.286. The monoisotopic (exact) mass is 442 g/mol. The smallest absolute Gasteiger partial charge is 0.309 e. The Balaban J connectivity index is 1.33. The third-order valence-electron chi connectivity index (χ3n) is 5.40. The lowest BCUT2D eigenvalue weighted by Crippen LogP contribution is -2.40. The SMILES string of the molecule is N#Cc1ccc(COC(=O)C2CCN(S(=O)(=O)c3ccc4c(c3)OCCO4)CC2)cc1. The van der Waals surface area contributed by atoms with E-state index in [-0.39, 0.29) is 36.5 Å². The average molecular weight is 442 g/mol. The summed E-state index contributed by atoms with van der Waals surface area (Å²) in [6.07, 6.45) is 0.798. The molecule has 8 nitrogen and oxygen atoms in total. The second kappa shape index (κ2) is 8.96. The van der Waals surface area contributed by atoms with Crippen LogP contribution in [-0.4, -0.2) is 45.0 Å². The fourth-order valence-corrected chi connectivity index (χ4v) is 5.10. The molecule has 9 heteroatoms. The Morgan fingerprint density at radius 1 is 1.06 bits per heavy atom. The van der Waals surface area contributed by atoms with Crippen LogP contribution in [0.5, 0.6) is 11.5 Å². The highest BCUT2D eigenvalue weighted by Crippen LogP contribution is 2.34. The highest BCUT2D eigenvalue weighted by Gasteiger charge is 2.33. The number of rotatable bonds is 5. The minimum absolute atomic E-state index is 0.125. The molecule has 1 saturated heterocycles. The highest BCUT2D eigenvalue weighted by molar-refractivity contribution is 7.89. The van der Waals surface area contributed by atoms with Crippen LogP contribution < -0.4 is 9.47 Å². The third-order valence-corrected chi connectivity index (χ3v) is 7.30. The van der Waals surface area contributed by atoms with Crippen molar-refractivity contribution in [3.8, 4) is 17.6 Å². The molecule has 0 aromatic heterocycles. The molecular weight excluding hydrogens is 420 g/mol. The summed E-state index contributed by atoms with van der Waals surface area (Å²) in [5.41, 5.74) is 1.34. The Kier molecular flexibility index (Phi) is 6.11. The number of carbonyl (C=O) groups is 1. The van der Waals surface area contributed by atoms with Crippen LogP contribution in [0.15, 0.2) is 47.4 Å². The van der Waals surface area contributed by atoms with Crippen molar-refractivity contribution >= 4 is 16.0 Å². The van der Waals surface area contributed by atoms with Crippen molar-refractivity contribution in [3.63, 3.8) is 0 Å². The average Bonchev–Trinajstić information content (AvgIpc) is 2.82. The molecule has 162 valence electrons. The lowest BCUT2D eigenvalue weighted by atomic mass is 9.98. The summed E-state index contributed by atoms with van der Waals surface area (Å²) < 4.78 is 43.7. The molecule has 0 unspecified atom stereocenters. The van der Waals surface area contributed by atoms with E-state index >= 15 is 0 Å². The quantitative estimate of drug-likeness (QED) is 0.655. The molecule has 2 aliphatic heterocycles. The van der Waals surface area contributed by atoms with Gasteiger partial charge >= 0.3 is 5.97 Å². The van der Waals surface area contributed by atoms with Gasteiger partial charge in [-0.05, 0) is 42.7 Å². The van der Waals surface area contributed by atoms with Gasteiger partial charge in [0.1, 0.15) is 19.8 Å². The number of fused-ring (bicyclic) bond motifs is 1. The van der Waals surface area contributed by atoms with Crippen LogP contribution in [0.2, 0.25) is 0 Å². The minimum Gasteiger partial charge on any atom is -0.486 e. The van der Waals surface area contributed by atoms with Gasteiger partial charge in [0, 0.05) is 19.2 Å². The largest absolute Gasteiger partial charge is 0.486 e. The second-order valence-electron chi connectivity index (χ2n) is 7.40. The van der Waals surface area contributed by atoms with Gasteiger partial charge in [-0.15, -0.1) is 0 Å². The van der Waals surface area contributed by atoms with E-state index in [1.54, 1.807) is 30.3 Å². The molecule has 0 bridgehead atoms. The molecule has 2 heterocycles. The first kappa shape index (κ1) is 21.2. The molecule has 0 saturated carbocycles. The molecule has 31 heavy (non-hydrogen) atoms. The zero-order valence-corrected chi connectivity index (χ0v) is 17.6. The number of ether oxygens (including phenoxy) is 3. The van der Waals surface area contributed by atoms with Gasteiger partial charge in [0.2, 0.25) is 10.0 Å². The maximum atomic E-state index is 13.0. The van der Waals surface area contributed by atoms with E-state index < -0.39 is 10.0 Å². The molecule has 0 spiro atoms. The number of nitriles is 1. The van der Waals surface area contributed by atoms with Gasteiger partial charge in [0.25, 0.3) is 0 Å². The predicted octanol–water partition coefficient (Wildman–Crippen LogP) is 2.47. The minimum atomic E-state index is -3.69. The predicted molar refractivity (Wildman–Crippen MR) is 110 cm³/mol. The number of sulfonamides is 1. The standard InChI is InChI=1S/C22H22N2O6S/c23-14-16-1-3-17(4-2-16)15-30-22(25)18-7-9-24(10-8-18)31(26,27)19-5-6-20-21(13-19)29-12-11-28-20/h1-6,13,18H,7-12,15H2. The first-order valence-corrected chi connectivity index (χ1v) is 11.5. The zero-order chi connectivity index (χ0) is 21.8. The Morgan fingerprint density at radius 3 is 2.42 bits per heavy atom. The number of piperidine rings is 1. The lowest BCUT2D eigenvalue weighted by molar-refractivity contribution is -0.151. The van der Waals surface area contributed by atoms with Crippen LogP contribution in [0.25, 0.3) is 0 Å².